The van der Waals surface area contributed by atoms with E-state index in [0.717, 1.165) is 12.8 Å². The number of nitrogens with zero attached hydrogens (tertiary/aromatic N) is 4. The molecule has 1 unspecified atom stereocenters. The summed E-state index contributed by atoms with van der Waals surface area (Å²) in [5.41, 5.74) is 0.525. The van der Waals surface area contributed by atoms with Gasteiger partial charge in [0.05, 0.1) is 28.7 Å². The number of carbonyl (C=O) groups is 2. The van der Waals surface area contributed by atoms with Gasteiger partial charge >= 0.3 is 12.1 Å². The highest BCUT2D eigenvalue weighted by atomic mass is 35.5. The lowest BCUT2D eigenvalue weighted by Gasteiger charge is -2.28. The minimum atomic E-state index is -1.11. The topological polar surface area (TPSA) is 97.5 Å². The molecule has 8 nitrogen and oxygen atoms in total. The molecule has 0 bridgehead atoms. The van der Waals surface area contributed by atoms with Gasteiger partial charge in [0.15, 0.2) is 0 Å². The van der Waals surface area contributed by atoms with E-state index in [1.807, 2.05) is 20.8 Å². The first kappa shape index (κ1) is 18.4. The molecule has 9 heteroatoms. The maximum Gasteiger partial charge on any atom is 0.410 e. The van der Waals surface area contributed by atoms with Crippen LogP contribution >= 0.6 is 11.6 Å². The van der Waals surface area contributed by atoms with Gasteiger partial charge in [-0.15, -0.1) is 5.10 Å². The lowest BCUT2D eigenvalue weighted by molar-refractivity contribution is 0.0212. The van der Waals surface area contributed by atoms with E-state index in [1.165, 1.54) is 6.07 Å². The van der Waals surface area contributed by atoms with Crippen molar-refractivity contribution in [3.8, 4) is 0 Å². The summed E-state index contributed by atoms with van der Waals surface area (Å²) in [4.78, 5) is 25.3. The quantitative estimate of drug-likeness (QED) is 0.878. The van der Waals surface area contributed by atoms with Gasteiger partial charge in [-0.05, 0) is 45.7 Å². The molecular weight excluding hydrogens is 360 g/mol. The molecule has 26 heavy (non-hydrogen) atoms. The molecule has 140 valence electrons. The number of carboxylic acids is 1. The number of hydrogen-bond acceptors (Lipinski definition) is 5. The Morgan fingerprint density at radius 2 is 2.12 bits per heavy atom. The van der Waals surface area contributed by atoms with E-state index in [2.05, 4.69) is 10.3 Å². The average Bonchev–Trinajstić information content (AvgIpc) is 3.12. The highest BCUT2D eigenvalue weighted by Crippen LogP contribution is 2.26. The number of fused-ring (bicyclic) bond motifs is 1. The Morgan fingerprint density at radius 1 is 1.38 bits per heavy atom. The van der Waals surface area contributed by atoms with Gasteiger partial charge in [0.1, 0.15) is 11.1 Å². The number of carbonyl (C=O) groups excluding carboxylic acids is 1. The Morgan fingerprint density at radius 3 is 2.77 bits per heavy atom. The summed E-state index contributed by atoms with van der Waals surface area (Å²) < 4.78 is 7.13. The van der Waals surface area contributed by atoms with E-state index in [0.29, 0.717) is 24.1 Å². The van der Waals surface area contributed by atoms with Crippen molar-refractivity contribution in [1.29, 1.82) is 0 Å². The Hall–Kier alpha value is -2.35. The fourth-order valence-electron chi connectivity index (χ4n) is 3.07. The van der Waals surface area contributed by atoms with Crippen molar-refractivity contribution in [3.05, 3.63) is 22.7 Å². The predicted octanol–water partition coefficient (Wildman–Crippen LogP) is 3.18. The largest absolute Gasteiger partial charge is 0.478 e. The van der Waals surface area contributed by atoms with Crippen LogP contribution < -0.4 is 0 Å². The number of aromatic nitrogens is 3. The number of hydrogen-bond donors (Lipinski definition) is 1. The molecule has 1 amide bonds. The van der Waals surface area contributed by atoms with Crippen LogP contribution in [-0.2, 0) is 11.3 Å². The molecule has 1 N–H and O–H groups in total. The van der Waals surface area contributed by atoms with Crippen LogP contribution in [0.25, 0.3) is 11.0 Å². The molecule has 1 atom stereocenters. The van der Waals surface area contributed by atoms with Crippen molar-refractivity contribution in [2.24, 2.45) is 0 Å². The second-order valence-electron chi connectivity index (χ2n) is 7.37. The van der Waals surface area contributed by atoms with Gasteiger partial charge in [0.25, 0.3) is 0 Å². The maximum atomic E-state index is 12.4. The lowest BCUT2D eigenvalue weighted by Crippen LogP contribution is -2.41. The Bertz CT molecular complexity index is 858. The molecule has 1 aromatic carbocycles. The van der Waals surface area contributed by atoms with Crippen molar-refractivity contribution in [3.63, 3.8) is 0 Å². The van der Waals surface area contributed by atoms with Crippen molar-refractivity contribution >= 4 is 34.7 Å². The maximum absolute atomic E-state index is 12.4. The SMILES string of the molecule is CC(C)(C)OC(=O)N1CCCC1Cn1nnc2cc(C(=O)O)c(Cl)cc21. The number of carboxylic acid groups (broad SMARTS) is 1. The number of ether oxygens (including phenoxy) is 1. The molecule has 1 aliphatic rings. The average molecular weight is 381 g/mol. The molecule has 2 aromatic rings. The molecular formula is C17H21ClN4O4. The summed E-state index contributed by atoms with van der Waals surface area (Å²) in [5.74, 6) is -1.11. The van der Waals surface area contributed by atoms with Crippen LogP contribution in [-0.4, -0.2) is 55.3 Å². The Labute approximate surface area is 155 Å². The van der Waals surface area contributed by atoms with Crippen molar-refractivity contribution in [1.82, 2.24) is 19.9 Å². The summed E-state index contributed by atoms with van der Waals surface area (Å²) >= 11 is 6.06. The van der Waals surface area contributed by atoms with E-state index in [-0.39, 0.29) is 22.7 Å². The van der Waals surface area contributed by atoms with Gasteiger partial charge < -0.3 is 14.7 Å². The van der Waals surface area contributed by atoms with Gasteiger partial charge in [-0.3, -0.25) is 0 Å². The molecule has 1 saturated heterocycles. The standard InChI is InChI=1S/C17H21ClN4O4/c1-17(2,3)26-16(25)21-6-4-5-10(21)9-22-14-8-12(18)11(15(23)24)7-13(14)19-20-22/h7-8,10H,4-6,9H2,1-3H3,(H,23,24). The van der Waals surface area contributed by atoms with Gasteiger partial charge in [0.2, 0.25) is 0 Å². The molecule has 2 heterocycles. The zero-order chi connectivity index (χ0) is 19.1. The normalized spacial score (nSPS) is 17.7. The molecule has 0 aliphatic carbocycles. The first-order valence-electron chi connectivity index (χ1n) is 8.41. The van der Waals surface area contributed by atoms with Crippen LogP contribution in [0.15, 0.2) is 12.1 Å². The van der Waals surface area contributed by atoms with Crippen molar-refractivity contribution < 1.29 is 19.4 Å². The van der Waals surface area contributed by atoms with Crippen molar-refractivity contribution in [2.75, 3.05) is 6.54 Å². The van der Waals surface area contributed by atoms with Gasteiger partial charge in [-0.2, -0.15) is 0 Å². The first-order valence-corrected chi connectivity index (χ1v) is 8.79. The van der Waals surface area contributed by atoms with E-state index < -0.39 is 11.6 Å². The molecule has 1 fully saturated rings. The summed E-state index contributed by atoms with van der Waals surface area (Å²) in [5, 5.41) is 17.4. The zero-order valence-electron chi connectivity index (χ0n) is 14.9. The zero-order valence-corrected chi connectivity index (χ0v) is 15.7. The third kappa shape index (κ3) is 3.75. The summed E-state index contributed by atoms with van der Waals surface area (Å²) in [6.45, 7) is 6.59. The molecule has 0 spiro atoms. The van der Waals surface area contributed by atoms with Crippen LogP contribution in [0.5, 0.6) is 0 Å². The third-order valence-corrected chi connectivity index (χ3v) is 4.53. The first-order chi connectivity index (χ1) is 12.2. The minimum absolute atomic E-state index is 0.0116. The van der Waals surface area contributed by atoms with Crippen LogP contribution in [0.2, 0.25) is 5.02 Å². The fourth-order valence-corrected chi connectivity index (χ4v) is 3.31. The number of amides is 1. The van der Waals surface area contributed by atoms with E-state index >= 15 is 0 Å². The number of benzene rings is 1. The molecule has 1 aliphatic heterocycles. The highest BCUT2D eigenvalue weighted by molar-refractivity contribution is 6.34. The molecule has 3 rings (SSSR count). The fraction of sp³-hybridized carbons (Fsp3) is 0.529. The Balaban J connectivity index is 1.83. The number of likely N-dealkylation sites (tertiary alicyclic amines) is 1. The van der Waals surface area contributed by atoms with Crippen LogP contribution in [0.4, 0.5) is 4.79 Å². The summed E-state index contributed by atoms with van der Waals surface area (Å²) in [6, 6.07) is 2.89. The number of halogens is 1. The van der Waals surface area contributed by atoms with Crippen molar-refractivity contribution in [2.45, 2.75) is 51.8 Å². The van der Waals surface area contributed by atoms with Crippen LogP contribution in [0.1, 0.15) is 44.0 Å². The molecule has 0 saturated carbocycles. The smallest absolute Gasteiger partial charge is 0.410 e. The molecule has 0 radical (unpaired) electrons. The van der Waals surface area contributed by atoms with Gasteiger partial charge in [-0.1, -0.05) is 16.8 Å². The van der Waals surface area contributed by atoms with E-state index in [9.17, 15) is 9.59 Å². The second kappa shape index (κ2) is 6.75. The van der Waals surface area contributed by atoms with Gasteiger partial charge in [-0.25, -0.2) is 14.3 Å². The lowest BCUT2D eigenvalue weighted by atomic mass is 10.2. The van der Waals surface area contributed by atoms with Crippen LogP contribution in [0, 0.1) is 0 Å². The number of rotatable bonds is 3. The monoisotopic (exact) mass is 380 g/mol. The summed E-state index contributed by atoms with van der Waals surface area (Å²) in [7, 11) is 0. The molecule has 1 aromatic heterocycles. The highest BCUT2D eigenvalue weighted by Gasteiger charge is 2.33. The summed E-state index contributed by atoms with van der Waals surface area (Å²) in [6.07, 6.45) is 1.39. The van der Waals surface area contributed by atoms with E-state index in [1.54, 1.807) is 15.6 Å². The third-order valence-electron chi connectivity index (χ3n) is 4.22. The minimum Gasteiger partial charge on any atom is -0.478 e. The Kier molecular flexibility index (Phi) is 4.79. The van der Waals surface area contributed by atoms with Crippen LogP contribution in [0.3, 0.4) is 0 Å². The van der Waals surface area contributed by atoms with Gasteiger partial charge in [0, 0.05) is 6.54 Å². The van der Waals surface area contributed by atoms with E-state index in [4.69, 9.17) is 21.4 Å². The second-order valence-corrected chi connectivity index (χ2v) is 7.77. The predicted molar refractivity (Wildman–Crippen MR) is 95.5 cm³/mol. The number of aromatic carboxylic acids is 1.